The molecule has 0 radical (unpaired) electrons. The van der Waals surface area contributed by atoms with Crippen molar-refractivity contribution in [3.05, 3.63) is 141 Å². The van der Waals surface area contributed by atoms with E-state index >= 15 is 9.59 Å². The van der Waals surface area contributed by atoms with Crippen LogP contribution >= 0.6 is 0 Å². The van der Waals surface area contributed by atoms with Crippen LogP contribution < -0.4 is 52.0 Å². The Kier molecular flexibility index (Phi) is 30.3. The van der Waals surface area contributed by atoms with Crippen LogP contribution in [0.1, 0.15) is 131 Å². The summed E-state index contributed by atoms with van der Waals surface area (Å²) in [5.74, 6) is -10.2. The molecule has 3 aliphatic heterocycles. The Morgan fingerprint density at radius 2 is 0.726 bits per heavy atom. The second-order valence-electron chi connectivity index (χ2n) is 28.4. The Morgan fingerprint density at radius 1 is 0.415 bits per heavy atom. The number of sulfonamides is 2. The van der Waals surface area contributed by atoms with E-state index in [1.165, 1.54) is 9.80 Å². The lowest BCUT2D eigenvalue weighted by molar-refractivity contribution is -0.385. The van der Waals surface area contributed by atoms with E-state index in [0.717, 1.165) is 48.5 Å². The minimum atomic E-state index is -4.29. The molecule has 34 heteroatoms. The maximum Gasteiger partial charge on any atom is 0.269 e. The van der Waals surface area contributed by atoms with Crippen molar-refractivity contribution in [3.8, 4) is 0 Å². The number of nitrogens with one attached hydrogen (secondary N) is 10. The van der Waals surface area contributed by atoms with Crippen molar-refractivity contribution in [3.63, 3.8) is 0 Å². The zero-order chi connectivity index (χ0) is 77.7. The van der Waals surface area contributed by atoms with Crippen LogP contribution in [-0.4, -0.2) is 182 Å². The van der Waals surface area contributed by atoms with Gasteiger partial charge in [-0.25, -0.2) is 26.3 Å². The Bertz CT molecular complexity index is 3760. The normalized spacial score (nSPS) is 23.4. The van der Waals surface area contributed by atoms with Crippen LogP contribution in [0.2, 0.25) is 0 Å². The summed E-state index contributed by atoms with van der Waals surface area (Å²) in [6, 6.07) is 11.6. The summed E-state index contributed by atoms with van der Waals surface area (Å²) >= 11 is 0. The lowest BCUT2D eigenvalue weighted by Gasteiger charge is -2.33. The summed E-state index contributed by atoms with van der Waals surface area (Å²) in [6.45, 7) is 13.0. The molecule has 0 spiro atoms. The zero-order valence-electron chi connectivity index (χ0n) is 60.7. The molecule has 106 heavy (non-hydrogen) atoms. The molecule has 4 aromatic rings. The van der Waals surface area contributed by atoms with Crippen LogP contribution in [-0.2, 0) is 80.8 Å². The van der Waals surface area contributed by atoms with Crippen LogP contribution in [0, 0.1) is 43.9 Å². The molecular formula is C72H98N14O18S2. The minimum absolute atomic E-state index is 0.0212. The van der Waals surface area contributed by atoms with Crippen LogP contribution in [0.25, 0.3) is 0 Å². The van der Waals surface area contributed by atoms with Crippen LogP contribution in [0.3, 0.4) is 0 Å². The van der Waals surface area contributed by atoms with E-state index in [-0.39, 0.29) is 123 Å². The average molecular weight is 1510 g/mol. The number of hydrogen-bond acceptors (Lipinski definition) is 18. The summed E-state index contributed by atoms with van der Waals surface area (Å²) < 4.78 is 58.5. The van der Waals surface area contributed by atoms with Gasteiger partial charge in [0.05, 0.1) is 19.6 Å². The third-order valence-corrected chi connectivity index (χ3v) is 21.5. The van der Waals surface area contributed by atoms with Gasteiger partial charge in [0, 0.05) is 63.3 Å². The predicted octanol–water partition coefficient (Wildman–Crippen LogP) is 3.08. The SMILES string of the molecule is CC(C)C[C@@H]1NC(=O)[C@H](CCCNS(=O)(=O)c2ccc([N+](=O)[O-])cc2)NC(=O)[C@H](C(C)C)NC(=O)[C@@H]2CCCN2C(=O)[C@@H](Cc2ccccc2)NC(=O)[C@H](CC(C)C)NC(=O)[C@H](CCCNS(=O)(=O)c2ccc([N+](=O)[O-])cc2)NC(=O)[C@H](C(C)C)NC(=O)[C@@H]2CCCN2C(=O)[C@@H](Cc2ccccc2)NC1=O. The van der Waals surface area contributed by atoms with E-state index in [1.54, 1.807) is 116 Å². The molecule has 3 heterocycles. The first kappa shape index (κ1) is 83.5. The maximum atomic E-state index is 15.2. The molecule has 0 bridgehead atoms. The molecule has 3 saturated heterocycles. The Hall–Kier alpha value is -9.80. The van der Waals surface area contributed by atoms with E-state index in [0.29, 0.717) is 24.0 Å². The van der Waals surface area contributed by atoms with Crippen molar-refractivity contribution >= 4 is 90.5 Å². The van der Waals surface area contributed by atoms with Crippen molar-refractivity contribution in [1.29, 1.82) is 0 Å². The van der Waals surface area contributed by atoms with Gasteiger partial charge in [0.2, 0.25) is 79.1 Å². The van der Waals surface area contributed by atoms with Crippen molar-refractivity contribution in [1.82, 2.24) is 61.8 Å². The first-order valence-corrected chi connectivity index (χ1v) is 38.7. The first-order valence-electron chi connectivity index (χ1n) is 35.7. The van der Waals surface area contributed by atoms with Crippen LogP contribution in [0.15, 0.2) is 119 Å². The summed E-state index contributed by atoms with van der Waals surface area (Å²) in [4.78, 5) is 173. The minimum Gasteiger partial charge on any atom is -0.343 e. The molecule has 10 atom stereocenters. The summed E-state index contributed by atoms with van der Waals surface area (Å²) in [5, 5.41) is 44.9. The predicted molar refractivity (Wildman–Crippen MR) is 389 cm³/mol. The monoisotopic (exact) mass is 1510 g/mol. The second kappa shape index (κ2) is 38.5. The highest BCUT2D eigenvalue weighted by molar-refractivity contribution is 7.89. The Labute approximate surface area is 617 Å². The van der Waals surface area contributed by atoms with E-state index in [9.17, 15) is 75.4 Å². The fraction of sp³-hybridized carbons (Fsp3) is 0.528. The standard InChI is InChI=1S/C72H98N14O18S2/c1-43(2)39-55-65(89)79-57(41-47-19-11-9-12-20-47)71(95)83-37-17-25-59(83)67(91)82-62(46(7)8)70(94)76-54(24-16-36-74-106(103,104)52-33-29-50(30-34-52)86(99)100)64(88)78-56(40-44(3)4)66(90)80-58(42-48-21-13-10-14-22-48)72(96)84-38-18-26-60(84)68(92)81-61(45(5)6)69(93)75-53(63(87)77-55)23-15-35-73-105(101,102)51-31-27-49(28-32-51)85(97)98/h9-14,19-22,27-34,43-46,53-62,73-74H,15-18,23-26,35-42H2,1-8H3,(H,75,93)(H,76,94)(H,77,87)(H,78,88)(H,79,89)(H,80,90)(H,81,92)(H,82,91)/t53-,54-,55-,56-,57+,58+,59-,60-,61-,62-/m0/s1. The third-order valence-electron chi connectivity index (χ3n) is 18.6. The lowest BCUT2D eigenvalue weighted by atomic mass is 9.99. The van der Waals surface area contributed by atoms with Crippen molar-refractivity contribution < 1.29 is 74.6 Å². The molecule has 3 fully saturated rings. The highest BCUT2D eigenvalue weighted by Crippen LogP contribution is 2.25. The zero-order valence-corrected chi connectivity index (χ0v) is 62.4. The van der Waals surface area contributed by atoms with Gasteiger partial charge in [-0.3, -0.25) is 68.2 Å². The van der Waals surface area contributed by atoms with Gasteiger partial charge in [-0.15, -0.1) is 0 Å². The van der Waals surface area contributed by atoms with Gasteiger partial charge >= 0.3 is 0 Å². The summed E-state index contributed by atoms with van der Waals surface area (Å²) in [7, 11) is -8.58. The van der Waals surface area contributed by atoms with Gasteiger partial charge in [0.25, 0.3) is 11.4 Å². The molecule has 10 N–H and O–H groups in total. The van der Waals surface area contributed by atoms with Crippen molar-refractivity contribution in [2.75, 3.05) is 26.2 Å². The molecule has 32 nitrogen and oxygen atoms in total. The number of carbonyl (C=O) groups is 10. The van der Waals surface area contributed by atoms with Gasteiger partial charge in [-0.1, -0.05) is 116 Å². The molecule has 7 rings (SSSR count). The highest BCUT2D eigenvalue weighted by atomic mass is 32.2. The molecule has 0 aromatic heterocycles. The number of carbonyl (C=O) groups excluding carboxylic acids is 10. The molecule has 576 valence electrons. The molecule has 0 aliphatic carbocycles. The number of non-ortho nitro benzene ring substituents is 2. The molecule has 3 aliphatic rings. The lowest BCUT2D eigenvalue weighted by Crippen LogP contribution is -2.62. The molecule has 4 aromatic carbocycles. The van der Waals surface area contributed by atoms with Gasteiger partial charge in [-0.05, 0) is 123 Å². The van der Waals surface area contributed by atoms with Gasteiger partial charge < -0.3 is 52.3 Å². The number of benzene rings is 4. The number of hydrogen-bond donors (Lipinski definition) is 10. The van der Waals surface area contributed by atoms with Gasteiger partial charge in [-0.2, -0.15) is 0 Å². The Balaban J connectivity index is 1.27. The van der Waals surface area contributed by atoms with E-state index in [1.807, 2.05) is 0 Å². The smallest absolute Gasteiger partial charge is 0.269 e. The second-order valence-corrected chi connectivity index (χ2v) is 32.0. The largest absolute Gasteiger partial charge is 0.343 e. The maximum absolute atomic E-state index is 15.2. The molecular weight excluding hydrogens is 1410 g/mol. The summed E-state index contributed by atoms with van der Waals surface area (Å²) in [5.41, 5.74) is 0.481. The molecule has 0 saturated carbocycles. The average Bonchev–Trinajstić information content (AvgIpc) is 1.73. The summed E-state index contributed by atoms with van der Waals surface area (Å²) in [6.07, 6.45) is -0.344. The first-order chi connectivity index (χ1) is 50.1. The van der Waals surface area contributed by atoms with Crippen molar-refractivity contribution in [2.45, 2.75) is 203 Å². The number of nitrogens with zero attached hydrogens (tertiary/aromatic N) is 4. The van der Waals surface area contributed by atoms with E-state index < -0.39 is 161 Å². The van der Waals surface area contributed by atoms with E-state index in [2.05, 4.69) is 52.0 Å². The number of amides is 10. The number of fused-ring (bicyclic) bond motifs is 2. The van der Waals surface area contributed by atoms with E-state index in [4.69, 9.17) is 0 Å². The number of rotatable bonds is 24. The quantitative estimate of drug-likeness (QED) is 0.0274. The van der Waals surface area contributed by atoms with Gasteiger partial charge in [0.15, 0.2) is 0 Å². The number of nitro groups is 2. The highest BCUT2D eigenvalue weighted by Gasteiger charge is 2.44. The molecule has 0 unspecified atom stereocenters. The van der Waals surface area contributed by atoms with Crippen LogP contribution in [0.5, 0.6) is 0 Å². The fourth-order valence-electron chi connectivity index (χ4n) is 12.9. The Morgan fingerprint density at radius 3 is 1.04 bits per heavy atom. The topological polar surface area (TPSA) is 452 Å². The van der Waals surface area contributed by atoms with Crippen LogP contribution in [0.4, 0.5) is 11.4 Å². The van der Waals surface area contributed by atoms with Crippen molar-refractivity contribution in [2.24, 2.45) is 23.7 Å². The molecule has 10 amide bonds. The fourth-order valence-corrected chi connectivity index (χ4v) is 15.1. The third kappa shape index (κ3) is 23.6. The van der Waals surface area contributed by atoms with Gasteiger partial charge in [0.1, 0.15) is 60.4 Å². The number of nitro benzene ring substituents is 2.